The standard InChI is InChI=1S/C17H12N4O4/c22-14(11-7-3-1-4-8-11)18-13-16(24)21(17(25)20-19-13)15(23)12-9-5-2-6-10-12/h1-10H,(H,20,25)(H,18,19,22). The van der Waals surface area contributed by atoms with Gasteiger partial charge in [-0.25, -0.2) is 9.89 Å². The number of H-pyrrole nitrogens is 1. The molecule has 1 heterocycles. The zero-order chi connectivity index (χ0) is 17.8. The van der Waals surface area contributed by atoms with Gasteiger partial charge >= 0.3 is 11.2 Å². The van der Waals surface area contributed by atoms with Gasteiger partial charge in [-0.1, -0.05) is 36.4 Å². The first-order chi connectivity index (χ1) is 12.1. The first-order valence-electron chi connectivity index (χ1n) is 7.26. The molecule has 3 rings (SSSR count). The van der Waals surface area contributed by atoms with Gasteiger partial charge < -0.3 is 5.32 Å². The Bertz CT molecular complexity index is 1040. The first kappa shape index (κ1) is 16.1. The van der Waals surface area contributed by atoms with Crippen LogP contribution in [-0.2, 0) is 0 Å². The van der Waals surface area contributed by atoms with E-state index in [0.29, 0.717) is 10.1 Å². The molecule has 1 amide bonds. The van der Waals surface area contributed by atoms with Crippen LogP contribution in [0.15, 0.2) is 70.3 Å². The quantitative estimate of drug-likeness (QED) is 0.737. The maximum absolute atomic E-state index is 12.4. The lowest BCUT2D eigenvalue weighted by Gasteiger charge is -2.06. The average Bonchev–Trinajstić information content (AvgIpc) is 2.65. The van der Waals surface area contributed by atoms with E-state index in [4.69, 9.17) is 0 Å². The molecule has 3 aromatic rings. The molecule has 0 fully saturated rings. The summed E-state index contributed by atoms with van der Waals surface area (Å²) in [6.45, 7) is 0. The highest BCUT2D eigenvalue weighted by molar-refractivity contribution is 6.03. The fraction of sp³-hybridized carbons (Fsp3) is 0. The van der Waals surface area contributed by atoms with Crippen molar-refractivity contribution in [3.05, 3.63) is 92.6 Å². The second-order valence-electron chi connectivity index (χ2n) is 5.01. The topological polar surface area (TPSA) is 114 Å². The average molecular weight is 336 g/mol. The number of hydrogen-bond acceptors (Lipinski definition) is 5. The Morgan fingerprint density at radius 3 is 2.04 bits per heavy atom. The Hall–Kier alpha value is -3.81. The van der Waals surface area contributed by atoms with Gasteiger partial charge in [0, 0.05) is 11.1 Å². The van der Waals surface area contributed by atoms with E-state index >= 15 is 0 Å². The second kappa shape index (κ2) is 6.75. The van der Waals surface area contributed by atoms with Gasteiger partial charge in [0.1, 0.15) is 0 Å². The number of amides is 1. The van der Waals surface area contributed by atoms with E-state index in [-0.39, 0.29) is 5.56 Å². The van der Waals surface area contributed by atoms with Crippen molar-refractivity contribution in [1.29, 1.82) is 0 Å². The van der Waals surface area contributed by atoms with Crippen LogP contribution in [0.4, 0.5) is 5.82 Å². The summed E-state index contributed by atoms with van der Waals surface area (Å²) < 4.78 is 0.392. The summed E-state index contributed by atoms with van der Waals surface area (Å²) in [6, 6.07) is 16.0. The number of benzene rings is 2. The molecule has 0 saturated carbocycles. The van der Waals surface area contributed by atoms with Crippen LogP contribution in [-0.4, -0.2) is 26.6 Å². The second-order valence-corrected chi connectivity index (χ2v) is 5.01. The molecule has 0 saturated heterocycles. The maximum Gasteiger partial charge on any atom is 0.352 e. The predicted molar refractivity (Wildman–Crippen MR) is 89.7 cm³/mol. The number of hydrogen-bond donors (Lipinski definition) is 2. The maximum atomic E-state index is 12.4. The third kappa shape index (κ3) is 3.27. The van der Waals surface area contributed by atoms with Crippen LogP contribution in [0.2, 0.25) is 0 Å². The lowest BCUT2D eigenvalue weighted by Crippen LogP contribution is -2.42. The number of aromatic nitrogens is 3. The molecule has 1 aromatic heterocycles. The van der Waals surface area contributed by atoms with Gasteiger partial charge in [0.2, 0.25) is 5.82 Å². The van der Waals surface area contributed by atoms with E-state index in [1.165, 1.54) is 12.1 Å². The Morgan fingerprint density at radius 2 is 1.44 bits per heavy atom. The molecule has 0 aliphatic rings. The molecule has 8 heteroatoms. The molecular weight excluding hydrogens is 324 g/mol. The van der Waals surface area contributed by atoms with Gasteiger partial charge in [0.25, 0.3) is 11.8 Å². The Balaban J connectivity index is 1.98. The molecule has 25 heavy (non-hydrogen) atoms. The zero-order valence-corrected chi connectivity index (χ0v) is 12.8. The van der Waals surface area contributed by atoms with Gasteiger partial charge in [-0.2, -0.15) is 4.57 Å². The zero-order valence-electron chi connectivity index (χ0n) is 12.8. The summed E-state index contributed by atoms with van der Waals surface area (Å²) in [5.74, 6) is -1.85. The predicted octanol–water partition coefficient (Wildman–Crippen LogP) is 0.872. The van der Waals surface area contributed by atoms with Crippen molar-refractivity contribution >= 4 is 17.6 Å². The molecule has 2 aromatic carbocycles. The molecule has 0 aliphatic heterocycles. The fourth-order valence-corrected chi connectivity index (χ4v) is 2.14. The van der Waals surface area contributed by atoms with E-state index in [1.807, 2.05) is 5.10 Å². The first-order valence-corrected chi connectivity index (χ1v) is 7.26. The number of rotatable bonds is 3. The van der Waals surface area contributed by atoms with Crippen LogP contribution < -0.4 is 16.6 Å². The van der Waals surface area contributed by atoms with Crippen LogP contribution in [0.25, 0.3) is 0 Å². The third-order valence-corrected chi connectivity index (χ3v) is 3.36. The molecular formula is C17H12N4O4. The Morgan fingerprint density at radius 1 is 0.880 bits per heavy atom. The molecule has 0 atom stereocenters. The molecule has 0 radical (unpaired) electrons. The highest BCUT2D eigenvalue weighted by Crippen LogP contribution is 2.03. The van der Waals surface area contributed by atoms with E-state index in [0.717, 1.165) is 0 Å². The number of anilines is 1. The van der Waals surface area contributed by atoms with Crippen molar-refractivity contribution in [2.45, 2.75) is 0 Å². The van der Waals surface area contributed by atoms with Crippen LogP contribution in [0.5, 0.6) is 0 Å². The summed E-state index contributed by atoms with van der Waals surface area (Å²) in [5.41, 5.74) is -1.55. The summed E-state index contributed by atoms with van der Waals surface area (Å²) in [5, 5.41) is 7.86. The van der Waals surface area contributed by atoms with E-state index in [2.05, 4.69) is 10.4 Å². The van der Waals surface area contributed by atoms with Crippen molar-refractivity contribution in [1.82, 2.24) is 14.8 Å². The van der Waals surface area contributed by atoms with Crippen molar-refractivity contribution in [3.8, 4) is 0 Å². The van der Waals surface area contributed by atoms with Crippen molar-refractivity contribution < 1.29 is 9.59 Å². The van der Waals surface area contributed by atoms with Crippen LogP contribution in [0, 0.1) is 0 Å². The van der Waals surface area contributed by atoms with Gasteiger partial charge in [0.15, 0.2) is 0 Å². The van der Waals surface area contributed by atoms with E-state index < -0.39 is 28.9 Å². The molecule has 0 unspecified atom stereocenters. The minimum absolute atomic E-state index is 0.154. The number of carbonyl (C=O) groups is 2. The molecule has 0 spiro atoms. The van der Waals surface area contributed by atoms with E-state index in [9.17, 15) is 19.2 Å². The number of carbonyl (C=O) groups excluding carboxylic acids is 2. The summed E-state index contributed by atoms with van der Waals surface area (Å²) in [6.07, 6.45) is 0. The third-order valence-electron chi connectivity index (χ3n) is 3.36. The van der Waals surface area contributed by atoms with Gasteiger partial charge in [-0.15, -0.1) is 5.10 Å². The molecule has 124 valence electrons. The van der Waals surface area contributed by atoms with Crippen LogP contribution in [0.1, 0.15) is 20.7 Å². The minimum Gasteiger partial charge on any atom is -0.300 e. The minimum atomic E-state index is -1.01. The van der Waals surface area contributed by atoms with Gasteiger partial charge in [-0.05, 0) is 24.3 Å². The number of aromatic amines is 1. The summed E-state index contributed by atoms with van der Waals surface area (Å²) in [7, 11) is 0. The Labute approximate surface area is 140 Å². The highest BCUT2D eigenvalue weighted by atomic mass is 16.2. The molecule has 0 bridgehead atoms. The normalized spacial score (nSPS) is 10.2. The number of nitrogens with zero attached hydrogens (tertiary/aromatic N) is 2. The number of nitrogens with one attached hydrogen (secondary N) is 2. The van der Waals surface area contributed by atoms with Crippen molar-refractivity contribution in [2.75, 3.05) is 5.32 Å². The summed E-state index contributed by atoms with van der Waals surface area (Å²) >= 11 is 0. The smallest absolute Gasteiger partial charge is 0.300 e. The van der Waals surface area contributed by atoms with Crippen LogP contribution >= 0.6 is 0 Å². The van der Waals surface area contributed by atoms with Crippen LogP contribution in [0.3, 0.4) is 0 Å². The monoisotopic (exact) mass is 336 g/mol. The highest BCUT2D eigenvalue weighted by Gasteiger charge is 2.18. The summed E-state index contributed by atoms with van der Waals surface area (Å²) in [4.78, 5) is 48.8. The van der Waals surface area contributed by atoms with Crippen molar-refractivity contribution in [2.24, 2.45) is 0 Å². The lowest BCUT2D eigenvalue weighted by atomic mass is 10.2. The fourth-order valence-electron chi connectivity index (χ4n) is 2.14. The lowest BCUT2D eigenvalue weighted by molar-refractivity contribution is 0.0947. The molecule has 8 nitrogen and oxygen atoms in total. The SMILES string of the molecule is O=C(Nc1n[nH]c(=O)n(C(=O)c2ccccc2)c1=O)c1ccccc1. The molecule has 0 aliphatic carbocycles. The largest absolute Gasteiger partial charge is 0.352 e. The van der Waals surface area contributed by atoms with Gasteiger partial charge in [-0.3, -0.25) is 14.4 Å². The van der Waals surface area contributed by atoms with E-state index in [1.54, 1.807) is 48.5 Å². The van der Waals surface area contributed by atoms with Gasteiger partial charge in [0.05, 0.1) is 0 Å². The Kier molecular flexibility index (Phi) is 4.34. The van der Waals surface area contributed by atoms with Crippen molar-refractivity contribution in [3.63, 3.8) is 0 Å². The molecule has 2 N–H and O–H groups in total.